The zero-order valence-electron chi connectivity index (χ0n) is 36.6. The molecule has 9 rings (SSSR count). The van der Waals surface area contributed by atoms with Gasteiger partial charge in [0, 0.05) is 46.5 Å². The highest BCUT2D eigenvalue weighted by Crippen LogP contribution is 2.59. The minimum atomic E-state index is -4.56. The number of hydrogen-bond donors (Lipinski definition) is 4. The molecule has 4 heterocycles. The maximum absolute atomic E-state index is 16.2. The van der Waals surface area contributed by atoms with Crippen LogP contribution in [0.3, 0.4) is 0 Å². The SMILES string of the molecule is COC(=O)NC(C(=O)N1C2CCC(C2)[C@H]1c1ncc(-c2ccc3c(c2)C(F)(F)C(F)(F)c2cc(-c4cnc([C@@H]5[C@H]6CCC(C6)N5C(=O)CC(C)C)[nH]4)ccc2-3)[nH]1)C(C)C.COC(N)=O.[HH].[HH].[HH].[HH]. The van der Waals surface area contributed by atoms with Crippen molar-refractivity contribution < 1.29 is 51.9 Å². The number of fused-ring (bicyclic) bond motifs is 7. The number of amides is 4. The summed E-state index contributed by atoms with van der Waals surface area (Å²) in [6.45, 7) is 7.68. The summed E-state index contributed by atoms with van der Waals surface area (Å²) in [5, 5.41) is 2.66. The van der Waals surface area contributed by atoms with Crippen molar-refractivity contribution in [2.45, 2.75) is 115 Å². The van der Waals surface area contributed by atoms with E-state index in [4.69, 9.17) is 4.74 Å². The van der Waals surface area contributed by atoms with Gasteiger partial charge in [0.25, 0.3) is 0 Å². The van der Waals surface area contributed by atoms with Crippen molar-refractivity contribution in [1.29, 1.82) is 0 Å². The molecule has 4 unspecified atom stereocenters. The topological polar surface area (TPSA) is 189 Å². The van der Waals surface area contributed by atoms with Gasteiger partial charge in [-0.05, 0) is 85.5 Å². The fraction of sp³-hybridized carbons (Fsp3) is 0.522. The molecule has 4 bridgehead atoms. The zero-order chi connectivity index (χ0) is 46.0. The first-order valence-corrected chi connectivity index (χ1v) is 21.8. The van der Waals surface area contributed by atoms with Gasteiger partial charge in [-0.2, -0.15) is 17.6 Å². The number of methoxy groups -OCH3 is 2. The first-order chi connectivity index (χ1) is 30.4. The number of likely N-dealkylation sites (tertiary alicyclic amines) is 2. The van der Waals surface area contributed by atoms with Gasteiger partial charge in [0.1, 0.15) is 17.7 Å². The predicted molar refractivity (Wildman–Crippen MR) is 235 cm³/mol. The number of imidazole rings is 2. The summed E-state index contributed by atoms with van der Waals surface area (Å²) in [5.41, 5.74) is 4.16. The highest BCUT2D eigenvalue weighted by molar-refractivity contribution is 5.87. The zero-order valence-corrected chi connectivity index (χ0v) is 36.6. The van der Waals surface area contributed by atoms with E-state index in [1.807, 2.05) is 32.6 Å². The minimum absolute atomic E-state index is 0. The number of benzene rings is 2. The number of alkyl halides is 4. The summed E-state index contributed by atoms with van der Waals surface area (Å²) in [5.74, 6) is -7.93. The smallest absolute Gasteiger partial charge is 0.407 e. The lowest BCUT2D eigenvalue weighted by Gasteiger charge is -2.37. The molecule has 4 amide bonds. The number of rotatable bonds is 9. The van der Waals surface area contributed by atoms with Gasteiger partial charge in [-0.25, -0.2) is 19.6 Å². The van der Waals surface area contributed by atoms with Gasteiger partial charge in [-0.3, -0.25) is 9.59 Å². The third kappa shape index (κ3) is 7.65. The quantitative estimate of drug-likeness (QED) is 0.120. The molecule has 7 atom stereocenters. The van der Waals surface area contributed by atoms with E-state index in [0.717, 1.165) is 50.7 Å². The molecule has 4 fully saturated rings. The second-order valence-electron chi connectivity index (χ2n) is 18.4. The number of piperidine rings is 2. The Kier molecular flexibility index (Phi) is 11.8. The fourth-order valence-electron chi connectivity index (χ4n) is 10.7. The van der Waals surface area contributed by atoms with Crippen LogP contribution in [0.4, 0.5) is 27.2 Å². The molecule has 0 spiro atoms. The highest BCUT2D eigenvalue weighted by Gasteiger charge is 2.63. The molecular weight excluding hydrogens is 837 g/mol. The number of alkyl carbamates (subject to hydrolysis) is 1. The van der Waals surface area contributed by atoms with Crippen LogP contribution in [0.1, 0.15) is 113 Å². The number of nitrogens with two attached hydrogens (primary N) is 1. The Balaban J connectivity index is 0.00000107. The summed E-state index contributed by atoms with van der Waals surface area (Å²) in [6, 6.07) is 6.93. The average molecular weight is 899 g/mol. The van der Waals surface area contributed by atoms with Crippen molar-refractivity contribution in [3.8, 4) is 33.6 Å². The first-order valence-electron chi connectivity index (χ1n) is 21.8. The summed E-state index contributed by atoms with van der Waals surface area (Å²) in [6.07, 6.45) is 7.22. The highest BCUT2D eigenvalue weighted by atomic mass is 19.3. The van der Waals surface area contributed by atoms with Crippen molar-refractivity contribution in [2.24, 2.45) is 29.4 Å². The Bertz CT molecular complexity index is 2470. The Morgan fingerprint density at radius 1 is 0.781 bits per heavy atom. The molecule has 14 nitrogen and oxygen atoms in total. The van der Waals surface area contributed by atoms with E-state index in [-0.39, 0.29) is 76.0 Å². The molecule has 3 aliphatic carbocycles. The number of aromatic amines is 2. The van der Waals surface area contributed by atoms with Crippen LogP contribution in [0.2, 0.25) is 0 Å². The van der Waals surface area contributed by atoms with Crippen molar-refractivity contribution in [2.75, 3.05) is 14.2 Å². The van der Waals surface area contributed by atoms with Crippen molar-refractivity contribution in [1.82, 2.24) is 35.1 Å². The van der Waals surface area contributed by atoms with Crippen LogP contribution >= 0.6 is 0 Å². The van der Waals surface area contributed by atoms with Gasteiger partial charge < -0.3 is 40.3 Å². The second kappa shape index (κ2) is 16.9. The van der Waals surface area contributed by atoms with E-state index >= 15 is 17.6 Å². The molecule has 2 aliphatic heterocycles. The molecule has 5 N–H and O–H groups in total. The van der Waals surface area contributed by atoms with Gasteiger partial charge in [0.05, 0.1) is 50.1 Å². The molecule has 0 radical (unpaired) electrons. The first kappa shape index (κ1) is 44.7. The number of ether oxygens (including phenoxy) is 2. The molecule has 2 aromatic heterocycles. The minimum Gasteiger partial charge on any atom is -0.453 e. The van der Waals surface area contributed by atoms with E-state index in [1.165, 1.54) is 38.7 Å². The van der Waals surface area contributed by atoms with Gasteiger partial charge in [-0.15, -0.1) is 0 Å². The van der Waals surface area contributed by atoms with E-state index in [1.54, 1.807) is 17.0 Å². The average Bonchev–Trinajstić information content (AvgIpc) is 4.14. The monoisotopic (exact) mass is 898 g/mol. The lowest BCUT2D eigenvalue weighted by atomic mass is 9.79. The lowest BCUT2D eigenvalue weighted by molar-refractivity contribution is -0.225. The molecule has 5 aliphatic rings. The number of halogens is 4. The number of nitrogens with zero attached hydrogens (tertiary/aromatic N) is 4. The summed E-state index contributed by atoms with van der Waals surface area (Å²) in [7, 11) is 2.46. The number of carbonyl (C=O) groups excluding carboxylic acids is 4. The van der Waals surface area contributed by atoms with Crippen molar-refractivity contribution in [3.63, 3.8) is 0 Å². The molecule has 18 heteroatoms. The molecule has 2 saturated carbocycles. The van der Waals surface area contributed by atoms with Crippen LogP contribution < -0.4 is 11.1 Å². The normalized spacial score (nSPS) is 24.8. The van der Waals surface area contributed by atoms with Gasteiger partial charge in [-0.1, -0.05) is 52.0 Å². The van der Waals surface area contributed by atoms with Crippen LogP contribution in [0, 0.1) is 23.7 Å². The van der Waals surface area contributed by atoms with Gasteiger partial charge in [0.2, 0.25) is 11.8 Å². The van der Waals surface area contributed by atoms with E-state index < -0.39 is 47.2 Å². The van der Waals surface area contributed by atoms with Crippen molar-refractivity contribution >= 4 is 24.0 Å². The summed E-state index contributed by atoms with van der Waals surface area (Å²) in [4.78, 5) is 68.2. The Morgan fingerprint density at radius 3 is 1.69 bits per heavy atom. The third-order valence-corrected chi connectivity index (χ3v) is 13.7. The summed E-state index contributed by atoms with van der Waals surface area (Å²) >= 11 is 0. The van der Waals surface area contributed by atoms with Crippen LogP contribution in [0.15, 0.2) is 48.8 Å². The molecule has 64 heavy (non-hydrogen) atoms. The molecule has 2 aromatic carbocycles. The maximum atomic E-state index is 16.2. The van der Waals surface area contributed by atoms with Crippen LogP contribution in [-0.4, -0.2) is 86.1 Å². The predicted octanol–water partition coefficient (Wildman–Crippen LogP) is 9.56. The Morgan fingerprint density at radius 2 is 1.25 bits per heavy atom. The van der Waals surface area contributed by atoms with Crippen LogP contribution in [-0.2, 0) is 30.9 Å². The van der Waals surface area contributed by atoms with Crippen LogP contribution in [0.25, 0.3) is 33.6 Å². The number of nitrogens with one attached hydrogen (secondary N) is 3. The molecule has 2 saturated heterocycles. The van der Waals surface area contributed by atoms with Gasteiger partial charge in [0.15, 0.2) is 0 Å². The third-order valence-electron chi connectivity index (χ3n) is 13.7. The number of H-pyrrole nitrogens is 2. The fourth-order valence-corrected chi connectivity index (χ4v) is 10.7. The summed E-state index contributed by atoms with van der Waals surface area (Å²) < 4.78 is 73.5. The number of carbonyl (C=O) groups is 4. The Labute approximate surface area is 374 Å². The van der Waals surface area contributed by atoms with Crippen molar-refractivity contribution in [3.05, 3.63) is 71.6 Å². The maximum Gasteiger partial charge on any atom is 0.407 e. The lowest BCUT2D eigenvalue weighted by Crippen LogP contribution is -2.54. The molecular formula is C46H62F4N8O6. The van der Waals surface area contributed by atoms with E-state index in [0.29, 0.717) is 35.0 Å². The molecule has 350 valence electrons. The van der Waals surface area contributed by atoms with Gasteiger partial charge >= 0.3 is 24.0 Å². The van der Waals surface area contributed by atoms with E-state index in [2.05, 4.69) is 35.7 Å². The molecule has 4 aromatic rings. The standard InChI is InChI=1S/C44H49F4N7O4.C2H5NO2.4H2/c1-21(2)14-35(56)54-27-10-6-25(15-27)37(54)39-49-19-33(51-39)23-8-12-29-30-13-9-24(18-32(30)44(47,48)43(45,46)31(29)17-23)34-20-50-40(52-34)38-26-7-11-28(16-26)55(38)41(57)36(22(3)4)53-42(58)59-5;1-5-2(3)4;;;;/h8-9,12-13,17-22,25-28,36-38H,6-7,10-11,14-16H2,1-5H3,(H,49,51)(H,50,52)(H,53,58);1H3,(H2,3,4);4*1H/t25-,26?,27?,28?,36?,37-,38-;;;;;/m0...../s1. The Hall–Kier alpha value is -5.94. The number of primary amides is 1. The van der Waals surface area contributed by atoms with Crippen LogP contribution in [0.5, 0.6) is 0 Å². The van der Waals surface area contributed by atoms with E-state index in [9.17, 15) is 19.2 Å². The largest absolute Gasteiger partial charge is 0.453 e. The second-order valence-corrected chi connectivity index (χ2v) is 18.4. The number of aromatic nitrogens is 4. The number of hydrogen-bond acceptors (Lipinski definition) is 8.